The molecule has 20 heavy (non-hydrogen) atoms. The molecule has 0 saturated carbocycles. The third-order valence-electron chi connectivity index (χ3n) is 2.74. The van der Waals surface area contributed by atoms with Crippen LogP contribution in [0, 0.1) is 18.6 Å². The first kappa shape index (κ1) is 13.9. The summed E-state index contributed by atoms with van der Waals surface area (Å²) in [6.07, 6.45) is -1.49. The maximum Gasteiger partial charge on any atom is 0.353 e. The van der Waals surface area contributed by atoms with Crippen LogP contribution in [0.4, 0.5) is 14.5 Å². The van der Waals surface area contributed by atoms with Crippen LogP contribution in [0.5, 0.6) is 0 Å². The van der Waals surface area contributed by atoms with Crippen LogP contribution >= 0.6 is 0 Å². The van der Waals surface area contributed by atoms with E-state index in [0.29, 0.717) is 0 Å². The number of aryl methyl sites for hydroxylation is 1. The van der Waals surface area contributed by atoms with Crippen molar-refractivity contribution in [3.63, 3.8) is 0 Å². The van der Waals surface area contributed by atoms with Crippen LogP contribution < -0.4 is 5.32 Å². The van der Waals surface area contributed by atoms with E-state index < -0.39 is 35.3 Å². The molecule has 2 N–H and O–H groups in total. The van der Waals surface area contributed by atoms with Gasteiger partial charge >= 0.3 is 5.97 Å². The van der Waals surface area contributed by atoms with Crippen molar-refractivity contribution in [2.24, 2.45) is 5.16 Å². The lowest BCUT2D eigenvalue weighted by molar-refractivity contribution is -0.129. The van der Waals surface area contributed by atoms with Gasteiger partial charge < -0.3 is 15.3 Å². The van der Waals surface area contributed by atoms with Crippen molar-refractivity contribution in [2.75, 3.05) is 5.32 Å². The number of rotatable bonds is 3. The van der Waals surface area contributed by atoms with Gasteiger partial charge in [-0.3, -0.25) is 4.79 Å². The van der Waals surface area contributed by atoms with Crippen LogP contribution in [0.25, 0.3) is 0 Å². The van der Waals surface area contributed by atoms with E-state index in [0.717, 1.165) is 6.07 Å². The molecule has 1 atom stereocenters. The monoisotopic (exact) mass is 284 g/mol. The van der Waals surface area contributed by atoms with Gasteiger partial charge in [0.1, 0.15) is 11.5 Å². The largest absolute Gasteiger partial charge is 0.477 e. The Morgan fingerprint density at radius 3 is 2.75 bits per heavy atom. The summed E-state index contributed by atoms with van der Waals surface area (Å²) >= 11 is 0. The molecule has 1 aromatic rings. The number of halogens is 2. The summed E-state index contributed by atoms with van der Waals surface area (Å²) < 4.78 is 27.2. The van der Waals surface area contributed by atoms with Crippen molar-refractivity contribution < 1.29 is 28.3 Å². The fourth-order valence-electron chi connectivity index (χ4n) is 1.62. The Morgan fingerprint density at radius 2 is 2.15 bits per heavy atom. The quantitative estimate of drug-likeness (QED) is 0.879. The number of hydrogen-bond donors (Lipinski definition) is 2. The average molecular weight is 284 g/mol. The maximum absolute atomic E-state index is 13.7. The number of benzene rings is 1. The van der Waals surface area contributed by atoms with E-state index in [2.05, 4.69) is 9.99 Å². The summed E-state index contributed by atoms with van der Waals surface area (Å²) in [4.78, 5) is 27.0. The lowest BCUT2D eigenvalue weighted by Gasteiger charge is -2.11. The molecule has 1 amide bonds. The zero-order chi connectivity index (χ0) is 14.9. The number of carboxylic acids is 1. The summed E-state index contributed by atoms with van der Waals surface area (Å²) in [7, 11) is 0. The number of nitrogens with one attached hydrogen (secondary N) is 1. The summed E-state index contributed by atoms with van der Waals surface area (Å²) in [5.41, 5.74) is -0.755. The number of nitrogens with zero attached hydrogens (tertiary/aromatic N) is 1. The number of amides is 1. The lowest BCUT2D eigenvalue weighted by Crippen LogP contribution is -2.29. The van der Waals surface area contributed by atoms with E-state index in [-0.39, 0.29) is 17.7 Å². The minimum absolute atomic E-state index is 0.163. The smallest absolute Gasteiger partial charge is 0.353 e. The third-order valence-corrected chi connectivity index (χ3v) is 2.74. The van der Waals surface area contributed by atoms with E-state index in [4.69, 9.17) is 5.11 Å². The first-order valence-electron chi connectivity index (χ1n) is 5.61. The molecular weight excluding hydrogens is 274 g/mol. The number of carbonyl (C=O) groups excluding carboxylic acids is 1. The van der Waals surface area contributed by atoms with Crippen LogP contribution in [-0.2, 0) is 14.4 Å². The van der Waals surface area contributed by atoms with Crippen molar-refractivity contribution in [2.45, 2.75) is 19.4 Å². The van der Waals surface area contributed by atoms with Gasteiger partial charge in [0.2, 0.25) is 6.10 Å². The molecule has 0 fully saturated rings. The molecule has 0 bridgehead atoms. The van der Waals surface area contributed by atoms with Gasteiger partial charge in [-0.2, -0.15) is 0 Å². The highest BCUT2D eigenvalue weighted by Crippen LogP contribution is 2.23. The molecular formula is C12H10F2N2O4. The van der Waals surface area contributed by atoms with Crippen molar-refractivity contribution >= 4 is 23.3 Å². The first-order chi connectivity index (χ1) is 9.40. The molecule has 1 aromatic carbocycles. The molecule has 8 heteroatoms. The van der Waals surface area contributed by atoms with Crippen LogP contribution in [0.15, 0.2) is 17.3 Å². The Kier molecular flexibility index (Phi) is 3.64. The molecule has 0 radical (unpaired) electrons. The normalized spacial score (nSPS) is 17.4. The van der Waals surface area contributed by atoms with E-state index in [9.17, 15) is 18.4 Å². The zero-order valence-electron chi connectivity index (χ0n) is 10.3. The zero-order valence-corrected chi connectivity index (χ0v) is 10.3. The number of aliphatic carboxylic acids is 1. The Balaban J connectivity index is 2.11. The highest BCUT2D eigenvalue weighted by atomic mass is 19.1. The highest BCUT2D eigenvalue weighted by Gasteiger charge is 2.32. The fraction of sp³-hybridized carbons (Fsp3) is 0.250. The minimum atomic E-state index is -1.31. The van der Waals surface area contributed by atoms with E-state index in [1.54, 1.807) is 0 Å². The lowest BCUT2D eigenvalue weighted by atomic mass is 10.1. The molecule has 1 heterocycles. The van der Waals surface area contributed by atoms with Crippen LogP contribution in [0.3, 0.4) is 0 Å². The second-order valence-corrected chi connectivity index (χ2v) is 4.18. The highest BCUT2D eigenvalue weighted by molar-refractivity contribution is 6.36. The Labute approximate surface area is 112 Å². The van der Waals surface area contributed by atoms with Gasteiger partial charge in [-0.1, -0.05) is 11.2 Å². The van der Waals surface area contributed by atoms with Crippen molar-refractivity contribution in [3.05, 3.63) is 29.3 Å². The minimum Gasteiger partial charge on any atom is -0.477 e. The second-order valence-electron chi connectivity index (χ2n) is 4.18. The van der Waals surface area contributed by atoms with Gasteiger partial charge in [-0.05, 0) is 18.6 Å². The van der Waals surface area contributed by atoms with Crippen molar-refractivity contribution in [1.29, 1.82) is 0 Å². The molecule has 0 spiro atoms. The Bertz CT molecular complexity index is 616. The van der Waals surface area contributed by atoms with Crippen LogP contribution in [0.2, 0.25) is 0 Å². The first-order valence-corrected chi connectivity index (χ1v) is 5.61. The summed E-state index contributed by atoms with van der Waals surface area (Å²) in [5, 5.41) is 13.9. The molecule has 6 nitrogen and oxygen atoms in total. The van der Waals surface area contributed by atoms with Crippen LogP contribution in [0.1, 0.15) is 12.0 Å². The number of carbonyl (C=O) groups is 2. The fourth-order valence-corrected chi connectivity index (χ4v) is 1.62. The summed E-state index contributed by atoms with van der Waals surface area (Å²) in [6.45, 7) is 1.42. The number of anilines is 1. The second kappa shape index (κ2) is 5.24. The molecule has 1 aliphatic rings. The number of carboxylic acid groups (broad SMARTS) is 1. The maximum atomic E-state index is 13.7. The number of hydrogen-bond acceptors (Lipinski definition) is 4. The SMILES string of the molecule is Cc1ccc(F)c(NC(=O)C2CC(C(=O)O)=NO2)c1F. The molecule has 0 aromatic heterocycles. The summed E-state index contributed by atoms with van der Waals surface area (Å²) in [6, 6.07) is 2.25. The summed E-state index contributed by atoms with van der Waals surface area (Å²) in [5.74, 6) is -4.00. The molecule has 2 rings (SSSR count). The van der Waals surface area contributed by atoms with E-state index in [1.807, 2.05) is 5.32 Å². The Hall–Kier alpha value is -2.51. The topological polar surface area (TPSA) is 88.0 Å². The molecule has 106 valence electrons. The average Bonchev–Trinajstić information content (AvgIpc) is 2.89. The van der Waals surface area contributed by atoms with Gasteiger partial charge in [0.05, 0.1) is 0 Å². The molecule has 0 saturated heterocycles. The number of oxime groups is 1. The predicted molar refractivity (Wildman–Crippen MR) is 64.3 cm³/mol. The van der Waals surface area contributed by atoms with Crippen molar-refractivity contribution in [3.8, 4) is 0 Å². The van der Waals surface area contributed by atoms with E-state index in [1.165, 1.54) is 13.0 Å². The van der Waals surface area contributed by atoms with Gasteiger partial charge in [-0.25, -0.2) is 13.6 Å². The van der Waals surface area contributed by atoms with Gasteiger partial charge in [-0.15, -0.1) is 0 Å². The van der Waals surface area contributed by atoms with E-state index >= 15 is 0 Å². The molecule has 1 unspecified atom stereocenters. The molecule has 0 aliphatic carbocycles. The van der Waals surface area contributed by atoms with Gasteiger partial charge in [0, 0.05) is 6.42 Å². The predicted octanol–water partition coefficient (Wildman–Crippen LogP) is 1.44. The molecule has 1 aliphatic heterocycles. The van der Waals surface area contributed by atoms with Crippen molar-refractivity contribution in [1.82, 2.24) is 0 Å². The van der Waals surface area contributed by atoms with Gasteiger partial charge in [0.25, 0.3) is 5.91 Å². The third kappa shape index (κ3) is 2.58. The standard InChI is InChI=1S/C12H10F2N2O4/c1-5-2-3-6(13)10(9(5)14)15-11(17)8-4-7(12(18)19)16-20-8/h2-3,8H,4H2,1H3,(H,15,17)(H,18,19). The van der Waals surface area contributed by atoms with Gasteiger partial charge in [0.15, 0.2) is 11.5 Å². The Morgan fingerprint density at radius 1 is 1.45 bits per heavy atom. The van der Waals surface area contributed by atoms with Crippen LogP contribution in [-0.4, -0.2) is 28.8 Å².